The van der Waals surface area contributed by atoms with Crippen molar-refractivity contribution < 1.29 is 14.6 Å². The lowest BCUT2D eigenvalue weighted by atomic mass is 9.66. The summed E-state index contributed by atoms with van der Waals surface area (Å²) in [5.41, 5.74) is -0.204. The zero-order valence-corrected chi connectivity index (χ0v) is 10.8. The molecular formula is C14H24O3. The molecule has 2 aliphatic carbocycles. The van der Waals surface area contributed by atoms with Gasteiger partial charge in [0.1, 0.15) is 0 Å². The van der Waals surface area contributed by atoms with Crippen LogP contribution in [0.5, 0.6) is 0 Å². The van der Waals surface area contributed by atoms with Crippen LogP contribution in [0.2, 0.25) is 0 Å². The number of aliphatic hydroxyl groups is 1. The van der Waals surface area contributed by atoms with E-state index in [9.17, 15) is 5.11 Å². The van der Waals surface area contributed by atoms with E-state index in [2.05, 4.69) is 6.92 Å². The number of rotatable bonds is 3. The molecule has 0 bridgehead atoms. The van der Waals surface area contributed by atoms with Crippen molar-refractivity contribution in [3.05, 3.63) is 0 Å². The molecule has 0 radical (unpaired) electrons. The molecule has 2 atom stereocenters. The van der Waals surface area contributed by atoms with E-state index in [1.54, 1.807) is 0 Å². The van der Waals surface area contributed by atoms with Gasteiger partial charge >= 0.3 is 0 Å². The molecular weight excluding hydrogens is 216 g/mol. The Balaban J connectivity index is 1.79. The monoisotopic (exact) mass is 240 g/mol. The van der Waals surface area contributed by atoms with E-state index >= 15 is 0 Å². The first-order valence-electron chi connectivity index (χ1n) is 7.12. The zero-order chi connectivity index (χ0) is 11.9. The van der Waals surface area contributed by atoms with Gasteiger partial charge in [0.25, 0.3) is 0 Å². The Kier molecular flexibility index (Phi) is 2.96. The van der Waals surface area contributed by atoms with Gasteiger partial charge in [0.05, 0.1) is 19.3 Å². The van der Waals surface area contributed by atoms with E-state index < -0.39 is 5.79 Å². The van der Waals surface area contributed by atoms with Gasteiger partial charge in [-0.15, -0.1) is 0 Å². The molecule has 17 heavy (non-hydrogen) atoms. The molecule has 1 heterocycles. The SMILES string of the molecule is C[C@]1([C@@H](O)CC2CC2)CCCCC12OCCO2. The second kappa shape index (κ2) is 4.22. The smallest absolute Gasteiger partial charge is 0.176 e. The molecule has 0 unspecified atom stereocenters. The van der Waals surface area contributed by atoms with Crippen LogP contribution in [-0.4, -0.2) is 30.2 Å². The largest absolute Gasteiger partial charge is 0.392 e. The summed E-state index contributed by atoms with van der Waals surface area (Å²) in [5, 5.41) is 10.6. The summed E-state index contributed by atoms with van der Waals surface area (Å²) in [6.07, 6.45) is 7.58. The maximum Gasteiger partial charge on any atom is 0.176 e. The van der Waals surface area contributed by atoms with E-state index in [1.165, 1.54) is 19.3 Å². The van der Waals surface area contributed by atoms with E-state index in [0.717, 1.165) is 31.6 Å². The fourth-order valence-corrected chi connectivity index (χ4v) is 3.60. The molecule has 1 N–H and O–H groups in total. The Hall–Kier alpha value is -0.120. The third kappa shape index (κ3) is 1.92. The van der Waals surface area contributed by atoms with Crippen molar-refractivity contribution in [1.29, 1.82) is 0 Å². The maximum atomic E-state index is 10.6. The van der Waals surface area contributed by atoms with Gasteiger partial charge in [-0.25, -0.2) is 0 Å². The third-order valence-corrected chi connectivity index (χ3v) is 5.06. The number of ether oxygens (including phenoxy) is 2. The Labute approximate surface area is 103 Å². The van der Waals surface area contributed by atoms with Crippen LogP contribution in [0.25, 0.3) is 0 Å². The Morgan fingerprint density at radius 3 is 2.47 bits per heavy atom. The van der Waals surface area contributed by atoms with E-state index in [1.807, 2.05) is 0 Å². The van der Waals surface area contributed by atoms with Crippen molar-refractivity contribution in [1.82, 2.24) is 0 Å². The molecule has 0 amide bonds. The van der Waals surface area contributed by atoms with Crippen LogP contribution in [0, 0.1) is 11.3 Å². The van der Waals surface area contributed by atoms with Crippen molar-refractivity contribution >= 4 is 0 Å². The van der Waals surface area contributed by atoms with Crippen LogP contribution in [0.3, 0.4) is 0 Å². The Bertz CT molecular complexity index is 281. The summed E-state index contributed by atoms with van der Waals surface area (Å²) in [7, 11) is 0. The normalized spacial score (nSPS) is 38.5. The molecule has 0 aromatic carbocycles. The van der Waals surface area contributed by atoms with Gasteiger partial charge in [-0.05, 0) is 25.2 Å². The van der Waals surface area contributed by atoms with E-state index in [0.29, 0.717) is 13.2 Å². The summed E-state index contributed by atoms with van der Waals surface area (Å²) in [4.78, 5) is 0. The van der Waals surface area contributed by atoms with Crippen LogP contribution in [0.4, 0.5) is 0 Å². The highest BCUT2D eigenvalue weighted by atomic mass is 16.7. The highest BCUT2D eigenvalue weighted by Crippen LogP contribution is 2.53. The first-order chi connectivity index (χ1) is 8.16. The molecule has 3 nitrogen and oxygen atoms in total. The van der Waals surface area contributed by atoms with Crippen molar-refractivity contribution in [3.8, 4) is 0 Å². The van der Waals surface area contributed by atoms with Gasteiger partial charge in [0, 0.05) is 11.8 Å². The molecule has 1 spiro atoms. The number of hydrogen-bond acceptors (Lipinski definition) is 3. The molecule has 0 aromatic rings. The molecule has 1 saturated heterocycles. The first-order valence-corrected chi connectivity index (χ1v) is 7.12. The molecule has 3 fully saturated rings. The van der Waals surface area contributed by atoms with Gasteiger partial charge in [-0.2, -0.15) is 0 Å². The molecule has 98 valence electrons. The van der Waals surface area contributed by atoms with E-state index in [4.69, 9.17) is 9.47 Å². The van der Waals surface area contributed by atoms with Crippen molar-refractivity contribution in [3.63, 3.8) is 0 Å². The van der Waals surface area contributed by atoms with Gasteiger partial charge in [0.15, 0.2) is 5.79 Å². The lowest BCUT2D eigenvalue weighted by molar-refractivity contribution is -0.277. The standard InChI is InChI=1S/C14H24O3/c1-13(12(15)10-11-4-5-11)6-2-3-7-14(13)16-8-9-17-14/h11-12,15H,2-10H2,1H3/t12-,13+/m0/s1. The van der Waals surface area contributed by atoms with Crippen LogP contribution in [-0.2, 0) is 9.47 Å². The van der Waals surface area contributed by atoms with Crippen LogP contribution < -0.4 is 0 Å². The quantitative estimate of drug-likeness (QED) is 0.823. The van der Waals surface area contributed by atoms with Crippen LogP contribution >= 0.6 is 0 Å². The maximum absolute atomic E-state index is 10.6. The highest BCUT2D eigenvalue weighted by molar-refractivity contribution is 5.01. The lowest BCUT2D eigenvalue weighted by Crippen LogP contribution is -2.56. The van der Waals surface area contributed by atoms with Gasteiger partial charge in [-0.1, -0.05) is 26.2 Å². The molecule has 1 aliphatic heterocycles. The van der Waals surface area contributed by atoms with Crippen molar-refractivity contribution in [2.45, 2.75) is 63.8 Å². The summed E-state index contributed by atoms with van der Waals surface area (Å²) in [6, 6.07) is 0. The molecule has 3 aliphatic rings. The minimum Gasteiger partial charge on any atom is -0.392 e. The molecule has 3 rings (SSSR count). The average molecular weight is 240 g/mol. The number of aliphatic hydroxyl groups excluding tert-OH is 1. The predicted molar refractivity (Wildman–Crippen MR) is 64.6 cm³/mol. The second-order valence-corrected chi connectivity index (χ2v) is 6.27. The summed E-state index contributed by atoms with van der Waals surface area (Å²) in [5.74, 6) is 0.265. The Morgan fingerprint density at radius 1 is 1.18 bits per heavy atom. The van der Waals surface area contributed by atoms with Gasteiger partial charge in [-0.3, -0.25) is 0 Å². The van der Waals surface area contributed by atoms with Gasteiger partial charge < -0.3 is 14.6 Å². The zero-order valence-electron chi connectivity index (χ0n) is 10.8. The van der Waals surface area contributed by atoms with Crippen molar-refractivity contribution in [2.75, 3.05) is 13.2 Å². The molecule has 3 heteroatoms. The fraction of sp³-hybridized carbons (Fsp3) is 1.00. The van der Waals surface area contributed by atoms with Crippen LogP contribution in [0.15, 0.2) is 0 Å². The fourth-order valence-electron chi connectivity index (χ4n) is 3.60. The second-order valence-electron chi connectivity index (χ2n) is 6.27. The van der Waals surface area contributed by atoms with Crippen LogP contribution in [0.1, 0.15) is 51.9 Å². The molecule has 0 aromatic heterocycles. The van der Waals surface area contributed by atoms with E-state index in [-0.39, 0.29) is 11.5 Å². The first kappa shape index (κ1) is 11.9. The predicted octanol–water partition coefficient (Wildman–Crippen LogP) is 2.47. The summed E-state index contributed by atoms with van der Waals surface area (Å²) >= 11 is 0. The number of hydrogen-bond donors (Lipinski definition) is 1. The topological polar surface area (TPSA) is 38.7 Å². The van der Waals surface area contributed by atoms with Gasteiger partial charge in [0.2, 0.25) is 0 Å². The lowest BCUT2D eigenvalue weighted by Gasteiger charge is -2.50. The molecule has 2 saturated carbocycles. The summed E-state index contributed by atoms with van der Waals surface area (Å²) in [6.45, 7) is 3.54. The minimum absolute atomic E-state index is 0.204. The minimum atomic E-state index is -0.487. The van der Waals surface area contributed by atoms with Crippen molar-refractivity contribution in [2.24, 2.45) is 11.3 Å². The average Bonchev–Trinajstić information content (AvgIpc) is 3.01. The highest BCUT2D eigenvalue weighted by Gasteiger charge is 2.57. The summed E-state index contributed by atoms with van der Waals surface area (Å²) < 4.78 is 11.9. The Morgan fingerprint density at radius 2 is 1.82 bits per heavy atom. The third-order valence-electron chi connectivity index (χ3n) is 5.06.